The lowest BCUT2D eigenvalue weighted by molar-refractivity contribution is 0.0930. The van der Waals surface area contributed by atoms with Crippen LogP contribution in [0.1, 0.15) is 22.0 Å². The number of piperazine rings is 1. The highest BCUT2D eigenvalue weighted by atomic mass is 19.1. The van der Waals surface area contributed by atoms with Gasteiger partial charge in [0.25, 0.3) is 5.91 Å². The van der Waals surface area contributed by atoms with Crippen LogP contribution in [-0.2, 0) is 0 Å². The molecule has 0 bridgehead atoms. The van der Waals surface area contributed by atoms with Gasteiger partial charge >= 0.3 is 0 Å². The maximum Gasteiger partial charge on any atom is 0.251 e. The van der Waals surface area contributed by atoms with Crippen LogP contribution in [0.25, 0.3) is 0 Å². The molecule has 0 unspecified atom stereocenters. The molecule has 1 atom stereocenters. The number of hydrogen-bond acceptors (Lipinski definition) is 6. The van der Waals surface area contributed by atoms with Crippen molar-refractivity contribution in [3.63, 3.8) is 0 Å². The number of hydrogen-bond donors (Lipinski definition) is 1. The third-order valence-electron chi connectivity index (χ3n) is 6.54. The summed E-state index contributed by atoms with van der Waals surface area (Å²) in [5.41, 5.74) is 2.64. The Morgan fingerprint density at radius 3 is 2.40 bits per heavy atom. The first kappa shape index (κ1) is 23.0. The van der Waals surface area contributed by atoms with Gasteiger partial charge in [-0.2, -0.15) is 0 Å². The molecule has 3 aromatic rings. The Morgan fingerprint density at radius 2 is 1.69 bits per heavy atom. The van der Waals surface area contributed by atoms with Gasteiger partial charge in [-0.1, -0.05) is 6.07 Å². The predicted molar refractivity (Wildman–Crippen MR) is 131 cm³/mol. The average Bonchev–Trinajstić information content (AvgIpc) is 3.38. The molecule has 2 aliphatic rings. The summed E-state index contributed by atoms with van der Waals surface area (Å²) in [6, 6.07) is 19.6. The zero-order chi connectivity index (χ0) is 24.2. The summed E-state index contributed by atoms with van der Waals surface area (Å²) in [7, 11) is 1.67. The van der Waals surface area contributed by atoms with Gasteiger partial charge in [-0.3, -0.25) is 9.69 Å². The highest BCUT2D eigenvalue weighted by Crippen LogP contribution is 2.36. The second-order valence-electron chi connectivity index (χ2n) is 8.57. The quantitative estimate of drug-likeness (QED) is 0.558. The summed E-state index contributed by atoms with van der Waals surface area (Å²) in [6.45, 7) is 4.01. The molecule has 0 saturated carbocycles. The van der Waals surface area contributed by atoms with Crippen LogP contribution in [0, 0.1) is 5.82 Å². The van der Waals surface area contributed by atoms with E-state index in [1.54, 1.807) is 7.11 Å². The van der Waals surface area contributed by atoms with Crippen molar-refractivity contribution in [2.75, 3.05) is 51.5 Å². The molecule has 0 aromatic heterocycles. The van der Waals surface area contributed by atoms with Crippen molar-refractivity contribution in [1.29, 1.82) is 0 Å². The summed E-state index contributed by atoms with van der Waals surface area (Å²) < 4.78 is 29.6. The minimum absolute atomic E-state index is 0.0492. The summed E-state index contributed by atoms with van der Waals surface area (Å²) in [4.78, 5) is 17.5. The highest BCUT2D eigenvalue weighted by Gasteiger charge is 2.27. The Hall–Kier alpha value is -3.78. The van der Waals surface area contributed by atoms with E-state index in [0.717, 1.165) is 48.9 Å². The van der Waals surface area contributed by atoms with Crippen molar-refractivity contribution in [3.05, 3.63) is 83.7 Å². The second-order valence-corrected chi connectivity index (χ2v) is 8.57. The Morgan fingerprint density at radius 1 is 0.971 bits per heavy atom. The van der Waals surface area contributed by atoms with E-state index in [2.05, 4.69) is 27.2 Å². The van der Waals surface area contributed by atoms with Gasteiger partial charge in [0, 0.05) is 44.0 Å². The highest BCUT2D eigenvalue weighted by molar-refractivity contribution is 5.94. The van der Waals surface area contributed by atoms with Crippen LogP contribution in [0.2, 0.25) is 0 Å². The molecule has 1 saturated heterocycles. The summed E-state index contributed by atoms with van der Waals surface area (Å²) in [6.07, 6.45) is 0. The molecule has 182 valence electrons. The van der Waals surface area contributed by atoms with E-state index >= 15 is 0 Å². The van der Waals surface area contributed by atoms with Gasteiger partial charge in [0.05, 0.1) is 13.2 Å². The van der Waals surface area contributed by atoms with Gasteiger partial charge in [-0.25, -0.2) is 4.39 Å². The lowest BCUT2D eigenvalue weighted by Gasteiger charge is -2.40. The van der Waals surface area contributed by atoms with E-state index in [9.17, 15) is 9.18 Å². The first-order valence-corrected chi connectivity index (χ1v) is 11.7. The van der Waals surface area contributed by atoms with Crippen molar-refractivity contribution in [2.24, 2.45) is 0 Å². The third-order valence-corrected chi connectivity index (χ3v) is 6.54. The number of benzene rings is 3. The number of amides is 1. The van der Waals surface area contributed by atoms with Crippen LogP contribution in [0.4, 0.5) is 10.1 Å². The SMILES string of the molecule is COc1ccc(N2CCN([C@@H](CNC(=O)c3ccc(F)cc3)c3ccc4c(c3)OCO4)CC2)cc1. The zero-order valence-corrected chi connectivity index (χ0v) is 19.6. The number of anilines is 1. The fourth-order valence-electron chi connectivity index (χ4n) is 4.56. The first-order chi connectivity index (χ1) is 17.1. The molecule has 7 nitrogen and oxygen atoms in total. The predicted octanol–water partition coefficient (Wildman–Crippen LogP) is 3.86. The number of rotatable bonds is 7. The molecule has 2 heterocycles. The molecule has 8 heteroatoms. The molecule has 5 rings (SSSR count). The van der Waals surface area contributed by atoms with Gasteiger partial charge in [0.1, 0.15) is 11.6 Å². The second kappa shape index (κ2) is 10.2. The van der Waals surface area contributed by atoms with Crippen molar-refractivity contribution < 1.29 is 23.4 Å². The molecule has 1 amide bonds. The number of carbonyl (C=O) groups is 1. The molecule has 1 fully saturated rings. The Kier molecular flexibility index (Phi) is 6.72. The fourth-order valence-corrected chi connectivity index (χ4v) is 4.56. The average molecular weight is 478 g/mol. The summed E-state index contributed by atoms with van der Waals surface area (Å²) in [5.74, 6) is 1.69. The topological polar surface area (TPSA) is 63.3 Å². The van der Waals surface area contributed by atoms with Crippen LogP contribution in [0.3, 0.4) is 0 Å². The maximum absolute atomic E-state index is 13.3. The van der Waals surface area contributed by atoms with E-state index in [0.29, 0.717) is 17.9 Å². The summed E-state index contributed by atoms with van der Waals surface area (Å²) >= 11 is 0. The molecule has 1 N–H and O–H groups in total. The fraction of sp³-hybridized carbons (Fsp3) is 0.296. The number of nitrogens with zero attached hydrogens (tertiary/aromatic N) is 2. The lowest BCUT2D eigenvalue weighted by atomic mass is 10.0. The lowest BCUT2D eigenvalue weighted by Crippen LogP contribution is -2.50. The smallest absolute Gasteiger partial charge is 0.251 e. The number of fused-ring (bicyclic) bond motifs is 1. The van der Waals surface area contributed by atoms with Crippen molar-refractivity contribution in [3.8, 4) is 17.2 Å². The van der Waals surface area contributed by atoms with E-state index in [-0.39, 0.29) is 24.6 Å². The molecule has 2 aliphatic heterocycles. The Bertz CT molecular complexity index is 1160. The normalized spacial score (nSPS) is 16.1. The van der Waals surface area contributed by atoms with E-state index in [1.807, 2.05) is 30.3 Å². The van der Waals surface area contributed by atoms with Gasteiger partial charge in [0.2, 0.25) is 6.79 Å². The molecule has 35 heavy (non-hydrogen) atoms. The third kappa shape index (κ3) is 5.17. The van der Waals surface area contributed by atoms with Crippen molar-refractivity contribution >= 4 is 11.6 Å². The first-order valence-electron chi connectivity index (χ1n) is 11.7. The largest absolute Gasteiger partial charge is 0.497 e. The van der Waals surface area contributed by atoms with Gasteiger partial charge in [0.15, 0.2) is 11.5 Å². The van der Waals surface area contributed by atoms with Gasteiger partial charge in [-0.15, -0.1) is 0 Å². The molecule has 0 radical (unpaired) electrons. The summed E-state index contributed by atoms with van der Waals surface area (Å²) in [5, 5.41) is 3.03. The number of carbonyl (C=O) groups excluding carboxylic acids is 1. The van der Waals surface area contributed by atoms with E-state index in [1.165, 1.54) is 24.3 Å². The standard InChI is InChI=1S/C27H28FN3O4/c1-33-23-9-7-22(8-10-23)30-12-14-31(15-13-30)24(20-4-11-25-26(16-20)35-18-34-25)17-29-27(32)19-2-5-21(28)6-3-19/h2-11,16,24H,12-15,17-18H2,1H3,(H,29,32)/t24-/m0/s1. The maximum atomic E-state index is 13.3. The van der Waals surface area contributed by atoms with Crippen LogP contribution < -0.4 is 24.4 Å². The van der Waals surface area contributed by atoms with Crippen molar-refractivity contribution in [2.45, 2.75) is 6.04 Å². The number of halogens is 1. The number of nitrogens with one attached hydrogen (secondary N) is 1. The number of ether oxygens (including phenoxy) is 3. The molecular weight excluding hydrogens is 449 g/mol. The van der Waals surface area contributed by atoms with Crippen LogP contribution in [-0.4, -0.2) is 57.4 Å². The molecule has 0 aliphatic carbocycles. The Balaban J connectivity index is 1.30. The monoisotopic (exact) mass is 477 g/mol. The van der Waals surface area contributed by atoms with Crippen LogP contribution >= 0.6 is 0 Å². The molecular formula is C27H28FN3O4. The van der Waals surface area contributed by atoms with Crippen LogP contribution in [0.5, 0.6) is 17.2 Å². The van der Waals surface area contributed by atoms with Gasteiger partial charge in [-0.05, 0) is 66.2 Å². The minimum atomic E-state index is -0.366. The zero-order valence-electron chi connectivity index (χ0n) is 19.6. The molecule has 3 aromatic carbocycles. The van der Waals surface area contributed by atoms with E-state index in [4.69, 9.17) is 14.2 Å². The van der Waals surface area contributed by atoms with Crippen LogP contribution in [0.15, 0.2) is 66.7 Å². The van der Waals surface area contributed by atoms with Crippen molar-refractivity contribution in [1.82, 2.24) is 10.2 Å². The Labute approximate surface area is 204 Å². The molecule has 0 spiro atoms. The van der Waals surface area contributed by atoms with Gasteiger partial charge < -0.3 is 24.4 Å². The number of methoxy groups -OCH3 is 1. The minimum Gasteiger partial charge on any atom is -0.497 e. The van der Waals surface area contributed by atoms with E-state index < -0.39 is 0 Å².